The summed E-state index contributed by atoms with van der Waals surface area (Å²) in [6.45, 7) is 1.94. The molecule has 0 amide bonds. The van der Waals surface area contributed by atoms with Crippen LogP contribution in [-0.2, 0) is 0 Å². The van der Waals surface area contributed by atoms with Gasteiger partial charge in [-0.05, 0) is 18.6 Å². The van der Waals surface area contributed by atoms with Crippen molar-refractivity contribution in [2.24, 2.45) is 0 Å². The molecule has 0 nitrogen and oxygen atoms in total. The predicted molar refractivity (Wildman–Crippen MR) is 55.3 cm³/mol. The second-order valence-corrected chi connectivity index (χ2v) is 3.22. The Kier molecular flexibility index (Phi) is 4.08. The first kappa shape index (κ1) is 11.2. The third-order valence-electron chi connectivity index (χ3n) is 1.95. The fourth-order valence-corrected chi connectivity index (χ4v) is 1.34. The fourth-order valence-electron chi connectivity index (χ4n) is 1.07. The first-order valence-electron chi connectivity index (χ1n) is 4.37. The van der Waals surface area contributed by atoms with Crippen LogP contribution < -0.4 is 0 Å². The molecule has 0 spiro atoms. The van der Waals surface area contributed by atoms with E-state index in [9.17, 15) is 8.78 Å². The van der Waals surface area contributed by atoms with Crippen LogP contribution in [0.1, 0.15) is 18.9 Å². The minimum Gasteiger partial charge on any atom is -0.207 e. The third-order valence-corrected chi connectivity index (χ3v) is 2.29. The van der Waals surface area contributed by atoms with E-state index < -0.39 is 11.6 Å². The van der Waals surface area contributed by atoms with Gasteiger partial charge >= 0.3 is 0 Å². The molecule has 14 heavy (non-hydrogen) atoms. The molecule has 0 N–H and O–H groups in total. The van der Waals surface area contributed by atoms with Crippen LogP contribution in [0.25, 0.3) is 6.08 Å². The zero-order valence-corrected chi connectivity index (χ0v) is 8.61. The Morgan fingerprint density at radius 2 is 2.14 bits per heavy atom. The van der Waals surface area contributed by atoms with Crippen LogP contribution in [0.15, 0.2) is 23.8 Å². The maximum absolute atomic E-state index is 13.2. The number of alkyl halides is 1. The average Bonchev–Trinajstić information content (AvgIpc) is 2.17. The van der Waals surface area contributed by atoms with Crippen molar-refractivity contribution >= 4 is 17.7 Å². The topological polar surface area (TPSA) is 0 Å². The summed E-state index contributed by atoms with van der Waals surface area (Å²) in [6.07, 6.45) is 2.42. The van der Waals surface area contributed by atoms with E-state index in [1.54, 1.807) is 6.08 Å². The summed E-state index contributed by atoms with van der Waals surface area (Å²) >= 11 is 5.64. The van der Waals surface area contributed by atoms with Gasteiger partial charge in [0.05, 0.1) is 0 Å². The Labute approximate surface area is 87.2 Å². The molecule has 76 valence electrons. The quantitative estimate of drug-likeness (QED) is 0.670. The summed E-state index contributed by atoms with van der Waals surface area (Å²) in [5.74, 6) is -0.752. The van der Waals surface area contributed by atoms with Crippen molar-refractivity contribution in [1.29, 1.82) is 0 Å². The lowest BCUT2D eigenvalue weighted by atomic mass is 10.1. The first-order valence-corrected chi connectivity index (χ1v) is 4.91. The molecule has 0 atom stereocenters. The van der Waals surface area contributed by atoms with E-state index in [4.69, 9.17) is 11.6 Å². The molecule has 0 bridgehead atoms. The number of halogens is 3. The van der Waals surface area contributed by atoms with Gasteiger partial charge in [-0.2, -0.15) is 0 Å². The van der Waals surface area contributed by atoms with E-state index in [1.807, 2.05) is 6.92 Å². The number of hydrogen-bond acceptors (Lipinski definition) is 0. The molecule has 0 heterocycles. The van der Waals surface area contributed by atoms with Gasteiger partial charge in [-0.1, -0.05) is 18.6 Å². The van der Waals surface area contributed by atoms with E-state index in [2.05, 4.69) is 0 Å². The van der Waals surface area contributed by atoms with E-state index in [1.165, 1.54) is 12.1 Å². The Balaban J connectivity index is 3.02. The molecule has 0 aromatic heterocycles. The smallest absolute Gasteiger partial charge is 0.133 e. The van der Waals surface area contributed by atoms with Gasteiger partial charge in [0.1, 0.15) is 11.6 Å². The predicted octanol–water partition coefficient (Wildman–Crippen LogP) is 4.00. The highest BCUT2D eigenvalue weighted by Gasteiger charge is 2.01. The Morgan fingerprint density at radius 1 is 1.43 bits per heavy atom. The van der Waals surface area contributed by atoms with Crippen LogP contribution in [0.2, 0.25) is 0 Å². The van der Waals surface area contributed by atoms with Crippen LogP contribution in [0.4, 0.5) is 8.78 Å². The van der Waals surface area contributed by atoms with Crippen LogP contribution in [-0.4, -0.2) is 5.88 Å². The molecule has 1 aromatic carbocycles. The molecule has 0 radical (unpaired) electrons. The monoisotopic (exact) mass is 216 g/mol. The van der Waals surface area contributed by atoms with Gasteiger partial charge in [0.2, 0.25) is 0 Å². The van der Waals surface area contributed by atoms with Crippen LogP contribution in [0.5, 0.6) is 0 Å². The SMILES string of the molecule is CC/C(=C/c1ccc(F)cc1F)CCl. The average molecular weight is 217 g/mol. The Bertz CT molecular complexity index is 339. The molecule has 0 fully saturated rings. The lowest BCUT2D eigenvalue weighted by Crippen LogP contribution is -1.87. The van der Waals surface area contributed by atoms with Gasteiger partial charge in [0.15, 0.2) is 0 Å². The molecule has 3 heteroatoms. The number of allylic oxidation sites excluding steroid dienone is 1. The van der Waals surface area contributed by atoms with Gasteiger partial charge in [-0.25, -0.2) is 8.78 Å². The van der Waals surface area contributed by atoms with Crippen molar-refractivity contribution in [3.05, 3.63) is 41.0 Å². The fraction of sp³-hybridized carbons (Fsp3) is 0.273. The number of benzene rings is 1. The van der Waals surface area contributed by atoms with Crippen molar-refractivity contribution in [1.82, 2.24) is 0 Å². The molecule has 0 saturated carbocycles. The number of rotatable bonds is 3. The molecular formula is C11H11ClF2. The standard InChI is InChI=1S/C11H11ClF2/c1-2-8(7-12)5-9-3-4-10(13)6-11(9)14/h3-6H,2,7H2,1H3/b8-5-. The van der Waals surface area contributed by atoms with Crippen molar-refractivity contribution in [2.75, 3.05) is 5.88 Å². The zero-order chi connectivity index (χ0) is 10.6. The molecule has 1 aromatic rings. The van der Waals surface area contributed by atoms with E-state index in [-0.39, 0.29) is 0 Å². The Hall–Kier alpha value is -0.890. The van der Waals surface area contributed by atoms with Crippen molar-refractivity contribution in [3.63, 3.8) is 0 Å². The molecular weight excluding hydrogens is 206 g/mol. The normalized spacial score (nSPS) is 11.9. The van der Waals surface area contributed by atoms with Gasteiger partial charge in [-0.15, -0.1) is 11.6 Å². The van der Waals surface area contributed by atoms with E-state index >= 15 is 0 Å². The maximum atomic E-state index is 13.2. The summed E-state index contributed by atoms with van der Waals surface area (Å²) < 4.78 is 25.7. The summed E-state index contributed by atoms with van der Waals surface area (Å²) in [5.41, 5.74) is 1.31. The van der Waals surface area contributed by atoms with Crippen LogP contribution in [0.3, 0.4) is 0 Å². The van der Waals surface area contributed by atoms with E-state index in [0.29, 0.717) is 11.4 Å². The summed E-state index contributed by atoms with van der Waals surface area (Å²) in [5, 5.41) is 0. The second-order valence-electron chi connectivity index (χ2n) is 2.96. The summed E-state index contributed by atoms with van der Waals surface area (Å²) in [7, 11) is 0. The second kappa shape index (κ2) is 5.11. The lowest BCUT2D eigenvalue weighted by molar-refractivity contribution is 0.581. The number of hydrogen-bond donors (Lipinski definition) is 0. The Morgan fingerprint density at radius 3 is 2.64 bits per heavy atom. The van der Waals surface area contributed by atoms with Crippen LogP contribution in [0, 0.1) is 11.6 Å². The molecule has 1 rings (SSSR count). The summed E-state index contributed by atoms with van der Waals surface area (Å²) in [4.78, 5) is 0. The van der Waals surface area contributed by atoms with Crippen molar-refractivity contribution in [2.45, 2.75) is 13.3 Å². The van der Waals surface area contributed by atoms with E-state index in [0.717, 1.165) is 18.1 Å². The first-order chi connectivity index (χ1) is 6.67. The van der Waals surface area contributed by atoms with Gasteiger partial charge < -0.3 is 0 Å². The zero-order valence-electron chi connectivity index (χ0n) is 7.86. The highest BCUT2D eigenvalue weighted by molar-refractivity contribution is 6.19. The molecule has 0 aliphatic heterocycles. The summed E-state index contributed by atoms with van der Waals surface area (Å²) in [6, 6.07) is 3.51. The maximum Gasteiger partial charge on any atom is 0.133 e. The molecule has 0 aliphatic rings. The highest BCUT2D eigenvalue weighted by atomic mass is 35.5. The van der Waals surface area contributed by atoms with Crippen molar-refractivity contribution in [3.8, 4) is 0 Å². The minimum absolute atomic E-state index is 0.368. The third kappa shape index (κ3) is 2.81. The molecule has 0 aliphatic carbocycles. The molecule has 0 unspecified atom stereocenters. The highest BCUT2D eigenvalue weighted by Crippen LogP contribution is 2.15. The largest absolute Gasteiger partial charge is 0.207 e. The lowest BCUT2D eigenvalue weighted by Gasteiger charge is -2.01. The van der Waals surface area contributed by atoms with Gasteiger partial charge in [-0.3, -0.25) is 0 Å². The van der Waals surface area contributed by atoms with Crippen LogP contribution >= 0.6 is 11.6 Å². The van der Waals surface area contributed by atoms with Crippen molar-refractivity contribution < 1.29 is 8.78 Å². The van der Waals surface area contributed by atoms with Gasteiger partial charge in [0.25, 0.3) is 0 Å². The minimum atomic E-state index is -0.566. The molecule has 0 saturated heterocycles. The van der Waals surface area contributed by atoms with Gasteiger partial charge in [0, 0.05) is 17.5 Å².